The first-order chi connectivity index (χ1) is 9.99. The summed E-state index contributed by atoms with van der Waals surface area (Å²) in [5.74, 6) is 1.64. The van der Waals surface area contributed by atoms with Gasteiger partial charge in [-0.25, -0.2) is 0 Å². The fraction of sp³-hybridized carbons (Fsp3) is 0.667. The lowest BCUT2D eigenvalue weighted by atomic mass is 9.89. The lowest BCUT2D eigenvalue weighted by Gasteiger charge is -2.27. The molecule has 118 valence electrons. The van der Waals surface area contributed by atoms with E-state index >= 15 is 0 Å². The van der Waals surface area contributed by atoms with Crippen LogP contribution in [0.3, 0.4) is 0 Å². The van der Waals surface area contributed by atoms with Gasteiger partial charge < -0.3 is 10.6 Å². The predicted octanol–water partition coefficient (Wildman–Crippen LogP) is 4.49. The highest BCUT2D eigenvalue weighted by molar-refractivity contribution is 6.31. The normalized spacial score (nSPS) is 21.4. The first-order valence-electron chi connectivity index (χ1n) is 8.27. The summed E-state index contributed by atoms with van der Waals surface area (Å²) in [6, 6.07) is 6.39. The Kier molecular flexibility index (Phi) is 5.95. The van der Waals surface area contributed by atoms with E-state index in [1.807, 2.05) is 13.0 Å². The number of halogens is 1. The Morgan fingerprint density at radius 1 is 1.24 bits per heavy atom. The zero-order chi connectivity index (χ0) is 15.4. The van der Waals surface area contributed by atoms with Gasteiger partial charge in [0.2, 0.25) is 0 Å². The number of anilines is 1. The summed E-state index contributed by atoms with van der Waals surface area (Å²) in [5, 5.41) is 0.856. The third-order valence-corrected chi connectivity index (χ3v) is 5.03. The molecule has 1 heterocycles. The molecule has 2 unspecified atom stereocenters. The highest BCUT2D eigenvalue weighted by Gasteiger charge is 2.21. The SMILES string of the molecule is CC(N)Cc1c(Cl)cccc1N1CCCC(C(C)C)CC1. The van der Waals surface area contributed by atoms with Crippen LogP contribution in [-0.4, -0.2) is 19.1 Å². The van der Waals surface area contributed by atoms with Gasteiger partial charge in [0.1, 0.15) is 0 Å². The molecule has 1 saturated heterocycles. The minimum atomic E-state index is 0.138. The summed E-state index contributed by atoms with van der Waals surface area (Å²) in [4.78, 5) is 2.52. The molecule has 1 aromatic rings. The van der Waals surface area contributed by atoms with Crippen LogP contribution >= 0.6 is 11.6 Å². The van der Waals surface area contributed by atoms with Crippen LogP contribution in [0.2, 0.25) is 5.02 Å². The van der Waals surface area contributed by atoms with Crippen LogP contribution in [0.15, 0.2) is 18.2 Å². The molecule has 1 aliphatic rings. The zero-order valence-corrected chi connectivity index (χ0v) is 14.4. The summed E-state index contributed by atoms with van der Waals surface area (Å²) in [5.41, 5.74) is 8.52. The largest absolute Gasteiger partial charge is 0.371 e. The van der Waals surface area contributed by atoms with Gasteiger partial charge in [-0.3, -0.25) is 0 Å². The number of hydrogen-bond donors (Lipinski definition) is 1. The van der Waals surface area contributed by atoms with Crippen molar-refractivity contribution in [1.82, 2.24) is 0 Å². The van der Waals surface area contributed by atoms with Crippen LogP contribution in [0.1, 0.15) is 45.6 Å². The molecule has 0 amide bonds. The van der Waals surface area contributed by atoms with Crippen molar-refractivity contribution in [2.45, 2.75) is 52.5 Å². The van der Waals surface area contributed by atoms with Crippen molar-refractivity contribution < 1.29 is 0 Å². The molecule has 2 nitrogen and oxygen atoms in total. The first-order valence-corrected chi connectivity index (χ1v) is 8.64. The number of nitrogens with two attached hydrogens (primary N) is 1. The van der Waals surface area contributed by atoms with Gasteiger partial charge in [-0.1, -0.05) is 31.5 Å². The lowest BCUT2D eigenvalue weighted by Crippen LogP contribution is -2.27. The van der Waals surface area contributed by atoms with Crippen LogP contribution in [0.4, 0.5) is 5.69 Å². The second kappa shape index (κ2) is 7.51. The molecule has 1 aromatic carbocycles. The Morgan fingerprint density at radius 3 is 2.67 bits per heavy atom. The second-order valence-corrected chi connectivity index (χ2v) is 7.25. The smallest absolute Gasteiger partial charge is 0.0459 e. The van der Waals surface area contributed by atoms with Crippen LogP contribution in [0.5, 0.6) is 0 Å². The minimum Gasteiger partial charge on any atom is -0.371 e. The van der Waals surface area contributed by atoms with Gasteiger partial charge in [-0.15, -0.1) is 0 Å². The number of rotatable bonds is 4. The molecule has 3 heteroatoms. The van der Waals surface area contributed by atoms with Crippen molar-refractivity contribution in [2.24, 2.45) is 17.6 Å². The molecule has 0 radical (unpaired) electrons. The van der Waals surface area contributed by atoms with Crippen LogP contribution < -0.4 is 10.6 Å². The molecule has 0 aliphatic carbocycles. The number of nitrogens with zero attached hydrogens (tertiary/aromatic N) is 1. The summed E-state index contributed by atoms with van der Waals surface area (Å²) in [6.45, 7) is 9.01. The second-order valence-electron chi connectivity index (χ2n) is 6.84. The highest BCUT2D eigenvalue weighted by Crippen LogP contribution is 2.32. The Morgan fingerprint density at radius 2 is 2.00 bits per heavy atom. The van der Waals surface area contributed by atoms with E-state index in [2.05, 4.69) is 30.9 Å². The Bertz CT molecular complexity index is 457. The van der Waals surface area contributed by atoms with Crippen molar-refractivity contribution in [2.75, 3.05) is 18.0 Å². The molecule has 2 rings (SSSR count). The van der Waals surface area contributed by atoms with Gasteiger partial charge in [0, 0.05) is 29.8 Å². The summed E-state index contributed by atoms with van der Waals surface area (Å²) < 4.78 is 0. The van der Waals surface area contributed by atoms with Gasteiger partial charge in [0.05, 0.1) is 0 Å². The van der Waals surface area contributed by atoms with Crippen molar-refractivity contribution >= 4 is 17.3 Å². The predicted molar refractivity (Wildman–Crippen MR) is 93.2 cm³/mol. The van der Waals surface area contributed by atoms with E-state index in [4.69, 9.17) is 17.3 Å². The molecule has 21 heavy (non-hydrogen) atoms. The molecule has 2 N–H and O–H groups in total. The van der Waals surface area contributed by atoms with Crippen molar-refractivity contribution in [3.63, 3.8) is 0 Å². The monoisotopic (exact) mass is 308 g/mol. The first kappa shape index (κ1) is 16.6. The van der Waals surface area contributed by atoms with E-state index in [1.54, 1.807) is 0 Å². The van der Waals surface area contributed by atoms with E-state index in [0.717, 1.165) is 36.4 Å². The van der Waals surface area contributed by atoms with Gasteiger partial charge in [-0.05, 0) is 62.1 Å². The Hall–Kier alpha value is -0.730. The minimum absolute atomic E-state index is 0.138. The van der Waals surface area contributed by atoms with E-state index in [1.165, 1.54) is 30.5 Å². The highest BCUT2D eigenvalue weighted by atomic mass is 35.5. The molecule has 0 aromatic heterocycles. The van der Waals surface area contributed by atoms with Crippen molar-refractivity contribution in [3.8, 4) is 0 Å². The van der Waals surface area contributed by atoms with E-state index < -0.39 is 0 Å². The van der Waals surface area contributed by atoms with Crippen LogP contribution in [-0.2, 0) is 6.42 Å². The fourth-order valence-corrected chi connectivity index (χ4v) is 3.64. The molecule has 0 bridgehead atoms. The zero-order valence-electron chi connectivity index (χ0n) is 13.6. The van der Waals surface area contributed by atoms with Gasteiger partial charge >= 0.3 is 0 Å². The summed E-state index contributed by atoms with van der Waals surface area (Å²) in [7, 11) is 0. The molecular weight excluding hydrogens is 280 g/mol. The maximum atomic E-state index is 6.43. The van der Waals surface area contributed by atoms with Crippen LogP contribution in [0.25, 0.3) is 0 Å². The molecule has 0 spiro atoms. The van der Waals surface area contributed by atoms with Gasteiger partial charge in [0.15, 0.2) is 0 Å². The lowest BCUT2D eigenvalue weighted by molar-refractivity contribution is 0.351. The Balaban J connectivity index is 2.19. The fourth-order valence-electron chi connectivity index (χ4n) is 3.40. The van der Waals surface area contributed by atoms with Gasteiger partial charge in [-0.2, -0.15) is 0 Å². The number of hydrogen-bond acceptors (Lipinski definition) is 2. The number of benzene rings is 1. The average molecular weight is 309 g/mol. The summed E-state index contributed by atoms with van der Waals surface area (Å²) in [6.07, 6.45) is 4.74. The maximum Gasteiger partial charge on any atom is 0.0459 e. The topological polar surface area (TPSA) is 29.3 Å². The maximum absolute atomic E-state index is 6.43. The average Bonchev–Trinajstić information content (AvgIpc) is 2.66. The third kappa shape index (κ3) is 4.37. The molecule has 1 aliphatic heterocycles. The van der Waals surface area contributed by atoms with Crippen LogP contribution in [0, 0.1) is 11.8 Å². The van der Waals surface area contributed by atoms with E-state index in [0.29, 0.717) is 0 Å². The van der Waals surface area contributed by atoms with Crippen molar-refractivity contribution in [1.29, 1.82) is 0 Å². The molecule has 0 saturated carbocycles. The van der Waals surface area contributed by atoms with Crippen molar-refractivity contribution in [3.05, 3.63) is 28.8 Å². The quantitative estimate of drug-likeness (QED) is 0.888. The molecular formula is C18H29ClN2. The van der Waals surface area contributed by atoms with E-state index in [-0.39, 0.29) is 6.04 Å². The van der Waals surface area contributed by atoms with Gasteiger partial charge in [0.25, 0.3) is 0 Å². The Labute approximate surface area is 134 Å². The van der Waals surface area contributed by atoms with E-state index in [9.17, 15) is 0 Å². The standard InChI is InChI=1S/C18H29ClN2/c1-13(2)15-6-5-10-21(11-9-15)18-8-4-7-17(19)16(18)12-14(3)20/h4,7-8,13-15H,5-6,9-12,20H2,1-3H3. The molecule has 2 atom stereocenters. The molecule has 1 fully saturated rings. The summed E-state index contributed by atoms with van der Waals surface area (Å²) >= 11 is 6.43. The third-order valence-electron chi connectivity index (χ3n) is 4.68.